The lowest BCUT2D eigenvalue weighted by molar-refractivity contribution is 0.113. The van der Waals surface area contributed by atoms with Gasteiger partial charge in [0, 0.05) is 31.4 Å². The highest BCUT2D eigenvalue weighted by Crippen LogP contribution is 2.32. The van der Waals surface area contributed by atoms with E-state index in [-0.39, 0.29) is 13.2 Å². The maximum Gasteiger partial charge on any atom is 0.259 e. The molecule has 3 aromatic rings. The number of aliphatic hydroxyl groups is 1. The van der Waals surface area contributed by atoms with Gasteiger partial charge in [0.05, 0.1) is 5.56 Å². The third-order valence-electron chi connectivity index (χ3n) is 6.09. The molecule has 1 aliphatic rings. The molecule has 0 bridgehead atoms. The van der Waals surface area contributed by atoms with Gasteiger partial charge in [-0.25, -0.2) is 4.98 Å². The topological polar surface area (TPSA) is 111 Å². The highest BCUT2D eigenvalue weighted by Gasteiger charge is 2.20. The van der Waals surface area contributed by atoms with Crippen LogP contribution in [0, 0.1) is 6.92 Å². The largest absolute Gasteiger partial charge is 0.490 e. The van der Waals surface area contributed by atoms with E-state index in [2.05, 4.69) is 35.0 Å². The second kappa shape index (κ2) is 10.3. The third-order valence-corrected chi connectivity index (χ3v) is 6.09. The molecule has 0 amide bonds. The number of aryl methyl sites for hydroxylation is 3. The molecule has 8 nitrogen and oxygen atoms in total. The van der Waals surface area contributed by atoms with Crippen LogP contribution in [0.4, 0.5) is 5.82 Å². The van der Waals surface area contributed by atoms with Crippen LogP contribution in [0.3, 0.4) is 0 Å². The Bertz CT molecular complexity index is 1090. The van der Waals surface area contributed by atoms with Gasteiger partial charge in [0.15, 0.2) is 0 Å². The number of pyridine rings is 1. The maximum absolute atomic E-state index is 9.74. The van der Waals surface area contributed by atoms with E-state index < -0.39 is 6.10 Å². The van der Waals surface area contributed by atoms with Crippen molar-refractivity contribution in [3.63, 3.8) is 0 Å². The standard InChI is InChI=1S/C25H33N5O3/c1-4-17-11-19(10-16(3)22(17)32-15-21(31)13-26)23-28-25(33-29-23)20-12-18(5-2)24(27-14-20)30-8-6-7-9-30/h10-12,14,21,31H,4-9,13,15,26H2,1-3H3/t21-/m1/s1. The normalized spacial score (nSPS) is 14.6. The van der Waals surface area contributed by atoms with Gasteiger partial charge in [-0.05, 0) is 67.5 Å². The molecule has 1 aliphatic heterocycles. The number of hydrogen-bond acceptors (Lipinski definition) is 8. The molecule has 0 radical (unpaired) electrons. The summed E-state index contributed by atoms with van der Waals surface area (Å²) >= 11 is 0. The van der Waals surface area contributed by atoms with Crippen LogP contribution in [0.5, 0.6) is 5.75 Å². The summed E-state index contributed by atoms with van der Waals surface area (Å²) in [6.07, 6.45) is 5.24. The van der Waals surface area contributed by atoms with Crippen LogP contribution in [0.1, 0.15) is 43.4 Å². The van der Waals surface area contributed by atoms with Gasteiger partial charge in [0.2, 0.25) is 5.82 Å². The first-order valence-corrected chi connectivity index (χ1v) is 11.8. The minimum absolute atomic E-state index is 0.163. The Morgan fingerprint density at radius 3 is 2.55 bits per heavy atom. The summed E-state index contributed by atoms with van der Waals surface area (Å²) in [5.41, 5.74) is 10.3. The van der Waals surface area contributed by atoms with Crippen LogP contribution in [0.15, 0.2) is 28.9 Å². The molecule has 2 aromatic heterocycles. The summed E-state index contributed by atoms with van der Waals surface area (Å²) in [5.74, 6) is 2.82. The average Bonchev–Trinajstić information content (AvgIpc) is 3.55. The van der Waals surface area contributed by atoms with E-state index in [1.165, 1.54) is 18.4 Å². The summed E-state index contributed by atoms with van der Waals surface area (Å²) in [6.45, 7) is 8.63. The number of nitrogens with zero attached hydrogens (tertiary/aromatic N) is 4. The number of hydrogen-bond donors (Lipinski definition) is 2. The second-order valence-corrected chi connectivity index (χ2v) is 8.51. The highest BCUT2D eigenvalue weighted by atomic mass is 16.5. The first kappa shape index (κ1) is 23.2. The van der Waals surface area contributed by atoms with Crippen molar-refractivity contribution in [1.82, 2.24) is 15.1 Å². The lowest BCUT2D eigenvalue weighted by Crippen LogP contribution is -2.27. The molecule has 33 heavy (non-hydrogen) atoms. The smallest absolute Gasteiger partial charge is 0.259 e. The van der Waals surface area contributed by atoms with Gasteiger partial charge in [-0.2, -0.15) is 4.98 Å². The Balaban J connectivity index is 1.60. The molecule has 8 heteroatoms. The molecule has 1 saturated heterocycles. The molecule has 176 valence electrons. The van der Waals surface area contributed by atoms with Crippen molar-refractivity contribution in [3.05, 3.63) is 41.1 Å². The first-order chi connectivity index (χ1) is 16.0. The molecule has 0 saturated carbocycles. The fraction of sp³-hybridized carbons (Fsp3) is 0.480. The van der Waals surface area contributed by atoms with Crippen molar-refractivity contribution >= 4 is 5.82 Å². The summed E-state index contributed by atoms with van der Waals surface area (Å²) < 4.78 is 11.5. The van der Waals surface area contributed by atoms with E-state index in [1.807, 2.05) is 25.3 Å². The van der Waals surface area contributed by atoms with Crippen molar-refractivity contribution in [3.8, 4) is 28.6 Å². The van der Waals surface area contributed by atoms with Crippen LogP contribution in [-0.4, -0.2) is 52.6 Å². The van der Waals surface area contributed by atoms with Crippen LogP contribution in [0.25, 0.3) is 22.8 Å². The first-order valence-electron chi connectivity index (χ1n) is 11.8. The Labute approximate surface area is 194 Å². The van der Waals surface area contributed by atoms with E-state index in [1.54, 1.807) is 0 Å². The minimum Gasteiger partial charge on any atom is -0.490 e. The molecule has 0 unspecified atom stereocenters. The van der Waals surface area contributed by atoms with E-state index in [9.17, 15) is 5.11 Å². The van der Waals surface area contributed by atoms with Crippen LogP contribution in [-0.2, 0) is 12.8 Å². The van der Waals surface area contributed by atoms with Gasteiger partial charge in [-0.1, -0.05) is 19.0 Å². The van der Waals surface area contributed by atoms with Crippen molar-refractivity contribution in [2.75, 3.05) is 31.1 Å². The van der Waals surface area contributed by atoms with E-state index >= 15 is 0 Å². The minimum atomic E-state index is -0.688. The van der Waals surface area contributed by atoms with E-state index in [0.717, 1.165) is 59.8 Å². The SMILES string of the molecule is CCc1cc(-c2nc(-c3cc(C)c(OC[C@H](O)CN)c(CC)c3)no2)cnc1N1CCCC1. The fourth-order valence-corrected chi connectivity index (χ4v) is 4.24. The van der Waals surface area contributed by atoms with Gasteiger partial charge < -0.3 is 25.0 Å². The van der Waals surface area contributed by atoms with Gasteiger partial charge in [-0.3, -0.25) is 0 Å². The van der Waals surface area contributed by atoms with Crippen molar-refractivity contribution in [1.29, 1.82) is 0 Å². The molecular weight excluding hydrogens is 418 g/mol. The number of aromatic nitrogens is 3. The van der Waals surface area contributed by atoms with Crippen LogP contribution >= 0.6 is 0 Å². The molecule has 3 N–H and O–H groups in total. The molecule has 0 aliphatic carbocycles. The quantitative estimate of drug-likeness (QED) is 0.508. The Morgan fingerprint density at radius 2 is 1.85 bits per heavy atom. The number of ether oxygens (including phenoxy) is 1. The van der Waals surface area contributed by atoms with Gasteiger partial charge in [0.25, 0.3) is 5.89 Å². The zero-order valence-electron chi connectivity index (χ0n) is 19.7. The summed E-state index contributed by atoms with van der Waals surface area (Å²) in [4.78, 5) is 11.7. The number of benzene rings is 1. The molecule has 4 rings (SSSR count). The molecular formula is C25H33N5O3. The number of rotatable bonds is 9. The fourth-order valence-electron chi connectivity index (χ4n) is 4.24. The van der Waals surface area contributed by atoms with Crippen LogP contribution < -0.4 is 15.4 Å². The van der Waals surface area contributed by atoms with Crippen LogP contribution in [0.2, 0.25) is 0 Å². The Kier molecular flexibility index (Phi) is 7.25. The molecule has 1 atom stereocenters. The van der Waals surface area contributed by atoms with E-state index in [4.69, 9.17) is 20.0 Å². The Morgan fingerprint density at radius 1 is 1.12 bits per heavy atom. The van der Waals surface area contributed by atoms with E-state index in [0.29, 0.717) is 11.7 Å². The maximum atomic E-state index is 9.74. The third kappa shape index (κ3) is 5.02. The molecule has 3 heterocycles. The average molecular weight is 452 g/mol. The summed E-state index contributed by atoms with van der Waals surface area (Å²) in [7, 11) is 0. The number of nitrogens with two attached hydrogens (primary N) is 1. The summed E-state index contributed by atoms with van der Waals surface area (Å²) in [5, 5.41) is 14.0. The summed E-state index contributed by atoms with van der Waals surface area (Å²) in [6, 6.07) is 6.10. The van der Waals surface area contributed by atoms with Crippen molar-refractivity contribution in [2.24, 2.45) is 5.73 Å². The van der Waals surface area contributed by atoms with Gasteiger partial charge in [-0.15, -0.1) is 0 Å². The van der Waals surface area contributed by atoms with Gasteiger partial charge >= 0.3 is 0 Å². The van der Waals surface area contributed by atoms with Crippen molar-refractivity contribution < 1.29 is 14.4 Å². The predicted octanol–water partition coefficient (Wildman–Crippen LogP) is 3.53. The number of anilines is 1. The molecule has 1 aromatic carbocycles. The molecule has 1 fully saturated rings. The molecule has 0 spiro atoms. The zero-order chi connectivity index (χ0) is 23.4. The monoisotopic (exact) mass is 451 g/mol. The lowest BCUT2D eigenvalue weighted by Gasteiger charge is -2.19. The van der Waals surface area contributed by atoms with Crippen molar-refractivity contribution in [2.45, 2.75) is 52.6 Å². The Hall–Kier alpha value is -2.97. The van der Waals surface area contributed by atoms with Gasteiger partial charge in [0.1, 0.15) is 24.3 Å². The lowest BCUT2D eigenvalue weighted by atomic mass is 10.0. The number of aliphatic hydroxyl groups excluding tert-OH is 1. The zero-order valence-corrected chi connectivity index (χ0v) is 19.7. The highest BCUT2D eigenvalue weighted by molar-refractivity contribution is 5.65. The second-order valence-electron chi connectivity index (χ2n) is 8.51. The predicted molar refractivity (Wildman–Crippen MR) is 128 cm³/mol.